The van der Waals surface area contributed by atoms with Crippen molar-refractivity contribution in [2.24, 2.45) is 10.7 Å². The van der Waals surface area contributed by atoms with Crippen LogP contribution in [0.5, 0.6) is 0 Å². The molecule has 3 rings (SSSR count). The molecule has 6 nitrogen and oxygen atoms in total. The monoisotopic (exact) mass is 384 g/mol. The van der Waals surface area contributed by atoms with Gasteiger partial charge in [-0.15, -0.1) is 0 Å². The number of amidine groups is 1. The van der Waals surface area contributed by atoms with E-state index in [1.165, 1.54) is 6.92 Å². The Bertz CT molecular complexity index is 912. The summed E-state index contributed by atoms with van der Waals surface area (Å²) in [5, 5.41) is 2.38. The fourth-order valence-electron chi connectivity index (χ4n) is 2.91. The maximum absolute atomic E-state index is 14.5. The van der Waals surface area contributed by atoms with E-state index in [0.29, 0.717) is 0 Å². The van der Waals surface area contributed by atoms with Gasteiger partial charge >= 0.3 is 0 Å². The lowest BCUT2D eigenvalue weighted by molar-refractivity contribution is -0.0959. The summed E-state index contributed by atoms with van der Waals surface area (Å²) in [6, 6.07) is 2.94. The molecule has 3 N–H and O–H groups in total. The number of aryl methyl sites for hydroxylation is 1. The number of carbonyl (C=O) groups excluding carboxylic acids is 1. The average molecular weight is 384 g/mol. The number of aliphatic imine (C=N–C) groups is 1. The lowest BCUT2D eigenvalue weighted by Gasteiger charge is -2.39. The van der Waals surface area contributed by atoms with E-state index >= 15 is 0 Å². The summed E-state index contributed by atoms with van der Waals surface area (Å²) in [6.07, 6.45) is 0.122. The largest absolute Gasteiger partial charge is 0.448 e. The van der Waals surface area contributed by atoms with Crippen molar-refractivity contribution in [3.63, 3.8) is 0 Å². The summed E-state index contributed by atoms with van der Waals surface area (Å²) in [7, 11) is 0. The number of carbonyl (C=O) groups is 1. The van der Waals surface area contributed by atoms with Crippen molar-refractivity contribution in [3.8, 4) is 0 Å². The van der Waals surface area contributed by atoms with Crippen LogP contribution in [0.25, 0.3) is 0 Å². The normalized spacial score (nSPS) is 21.6. The zero-order valence-corrected chi connectivity index (χ0v) is 14.2. The van der Waals surface area contributed by atoms with Crippen LogP contribution in [0.1, 0.15) is 34.8 Å². The summed E-state index contributed by atoms with van der Waals surface area (Å²) >= 11 is 0. The number of oxazole rings is 1. The third-order valence-electron chi connectivity index (χ3n) is 4.35. The molecule has 144 valence electrons. The molecule has 0 bridgehead atoms. The zero-order valence-electron chi connectivity index (χ0n) is 14.2. The van der Waals surface area contributed by atoms with Crippen LogP contribution < -0.4 is 11.1 Å². The van der Waals surface area contributed by atoms with Crippen molar-refractivity contribution >= 4 is 17.4 Å². The van der Waals surface area contributed by atoms with Crippen LogP contribution in [0, 0.1) is 12.7 Å². The first kappa shape index (κ1) is 18.9. The summed E-state index contributed by atoms with van der Waals surface area (Å²) in [6.45, 7) is -0.122. The Labute approximate surface area is 151 Å². The van der Waals surface area contributed by atoms with Crippen LogP contribution in [0.15, 0.2) is 33.9 Å². The minimum Gasteiger partial charge on any atom is -0.448 e. The van der Waals surface area contributed by atoms with Gasteiger partial charge < -0.3 is 15.5 Å². The molecular formula is C17H16F4N4O2. The van der Waals surface area contributed by atoms with Crippen molar-refractivity contribution in [2.45, 2.75) is 31.2 Å². The van der Waals surface area contributed by atoms with Crippen molar-refractivity contribution in [2.75, 3.05) is 12.0 Å². The van der Waals surface area contributed by atoms with Crippen LogP contribution in [-0.4, -0.2) is 29.3 Å². The first-order valence-electron chi connectivity index (χ1n) is 8.00. The first-order chi connectivity index (χ1) is 12.7. The maximum atomic E-state index is 14.5. The van der Waals surface area contributed by atoms with E-state index in [1.54, 1.807) is 0 Å². The summed E-state index contributed by atoms with van der Waals surface area (Å²) < 4.78 is 62.2. The van der Waals surface area contributed by atoms with Gasteiger partial charge in [0.25, 0.3) is 11.8 Å². The van der Waals surface area contributed by atoms with Crippen LogP contribution in [0.4, 0.5) is 23.2 Å². The molecule has 0 aliphatic carbocycles. The van der Waals surface area contributed by atoms with Gasteiger partial charge in [-0.3, -0.25) is 9.79 Å². The minimum absolute atomic E-state index is 0.0278. The number of halogens is 4. The quantitative estimate of drug-likeness (QED) is 0.791. The Morgan fingerprint density at radius 3 is 2.78 bits per heavy atom. The molecule has 0 spiro atoms. The number of nitrogens with one attached hydrogen (secondary N) is 1. The third kappa shape index (κ3) is 3.26. The molecule has 10 heteroatoms. The number of nitrogens with two attached hydrogens (primary N) is 1. The molecule has 1 aliphatic heterocycles. The average Bonchev–Trinajstić information content (AvgIpc) is 3.05. The van der Waals surface area contributed by atoms with Gasteiger partial charge in [0, 0.05) is 31.0 Å². The standard InChI is InChI=1S/C17H16F4N4O2/c1-9-23-13(7-27-9)15(26)24-10-2-3-12(19)11(6-10)16(8-18)17(20,21)5-4-14(22)25-16/h2-3,6-7H,4-5,8H2,1H3,(H2,22,25)(H,24,26)/t16-/m1/s1. The van der Waals surface area contributed by atoms with E-state index in [9.17, 15) is 22.4 Å². The van der Waals surface area contributed by atoms with E-state index < -0.39 is 41.8 Å². The Morgan fingerprint density at radius 2 is 2.15 bits per heavy atom. The Kier molecular flexibility index (Phi) is 4.66. The molecule has 2 heterocycles. The van der Waals surface area contributed by atoms with Crippen LogP contribution in [0.3, 0.4) is 0 Å². The lowest BCUT2D eigenvalue weighted by atomic mass is 9.80. The number of aromatic nitrogens is 1. The molecule has 0 radical (unpaired) electrons. The number of rotatable bonds is 4. The second-order valence-corrected chi connectivity index (χ2v) is 6.20. The Morgan fingerprint density at radius 1 is 1.41 bits per heavy atom. The highest BCUT2D eigenvalue weighted by Gasteiger charge is 2.58. The Balaban J connectivity index is 2.02. The van der Waals surface area contributed by atoms with Gasteiger partial charge in [0.05, 0.1) is 5.84 Å². The highest BCUT2D eigenvalue weighted by atomic mass is 19.3. The summed E-state index contributed by atoms with van der Waals surface area (Å²) in [5.74, 6) is -5.37. The SMILES string of the molecule is Cc1nc(C(=O)Nc2ccc(F)c([C@@]3(CF)N=C(N)CCC3(F)F)c2)co1. The fourth-order valence-corrected chi connectivity index (χ4v) is 2.91. The van der Waals surface area contributed by atoms with Gasteiger partial charge in [-0.2, -0.15) is 0 Å². The van der Waals surface area contributed by atoms with E-state index in [-0.39, 0.29) is 29.5 Å². The maximum Gasteiger partial charge on any atom is 0.280 e. The van der Waals surface area contributed by atoms with Gasteiger partial charge in [-0.05, 0) is 18.2 Å². The molecule has 1 aromatic heterocycles. The van der Waals surface area contributed by atoms with Crippen molar-refractivity contribution in [1.29, 1.82) is 0 Å². The summed E-state index contributed by atoms with van der Waals surface area (Å²) in [5.41, 5.74) is 1.98. The molecule has 0 unspecified atom stereocenters. The van der Waals surface area contributed by atoms with Crippen LogP contribution >= 0.6 is 0 Å². The lowest BCUT2D eigenvalue weighted by Crippen LogP contribution is -2.51. The third-order valence-corrected chi connectivity index (χ3v) is 4.35. The van der Waals surface area contributed by atoms with E-state index in [4.69, 9.17) is 10.2 Å². The van der Waals surface area contributed by atoms with Gasteiger partial charge in [0.1, 0.15) is 18.8 Å². The molecular weight excluding hydrogens is 368 g/mol. The van der Waals surface area contributed by atoms with Crippen molar-refractivity contribution < 1.29 is 26.8 Å². The molecule has 0 saturated carbocycles. The topological polar surface area (TPSA) is 93.5 Å². The van der Waals surface area contributed by atoms with Crippen LogP contribution in [-0.2, 0) is 5.54 Å². The van der Waals surface area contributed by atoms with E-state index in [0.717, 1.165) is 24.5 Å². The molecule has 1 aromatic carbocycles. The molecule has 1 amide bonds. The second kappa shape index (κ2) is 6.67. The van der Waals surface area contributed by atoms with E-state index in [2.05, 4.69) is 15.3 Å². The molecule has 0 saturated heterocycles. The van der Waals surface area contributed by atoms with Gasteiger partial charge in [-0.25, -0.2) is 22.5 Å². The predicted octanol–water partition coefficient (Wildman–Crippen LogP) is 3.33. The Hall–Kier alpha value is -2.91. The van der Waals surface area contributed by atoms with E-state index in [1.807, 2.05) is 0 Å². The smallest absolute Gasteiger partial charge is 0.280 e. The van der Waals surface area contributed by atoms with Gasteiger partial charge in [0.2, 0.25) is 0 Å². The minimum atomic E-state index is -3.66. The number of hydrogen-bond acceptors (Lipinski definition) is 5. The number of hydrogen-bond donors (Lipinski definition) is 2. The molecule has 27 heavy (non-hydrogen) atoms. The summed E-state index contributed by atoms with van der Waals surface area (Å²) in [4.78, 5) is 19.5. The fraction of sp³-hybridized carbons (Fsp3) is 0.353. The zero-order chi connectivity index (χ0) is 19.8. The number of nitrogens with zero attached hydrogens (tertiary/aromatic N) is 2. The number of alkyl halides is 3. The highest BCUT2D eigenvalue weighted by Crippen LogP contribution is 2.48. The molecule has 1 aliphatic rings. The first-order valence-corrected chi connectivity index (χ1v) is 8.00. The second-order valence-electron chi connectivity index (χ2n) is 6.20. The molecule has 1 atom stereocenters. The number of anilines is 1. The molecule has 0 fully saturated rings. The van der Waals surface area contributed by atoms with Crippen LogP contribution in [0.2, 0.25) is 0 Å². The van der Waals surface area contributed by atoms with Gasteiger partial charge in [-0.1, -0.05) is 0 Å². The number of benzene rings is 1. The predicted molar refractivity (Wildman–Crippen MR) is 89.0 cm³/mol. The highest BCUT2D eigenvalue weighted by molar-refractivity contribution is 6.02. The molecule has 2 aromatic rings. The van der Waals surface area contributed by atoms with Crippen molar-refractivity contribution in [1.82, 2.24) is 4.98 Å². The number of amides is 1. The van der Waals surface area contributed by atoms with Gasteiger partial charge in [0.15, 0.2) is 17.1 Å². The van der Waals surface area contributed by atoms with Crippen molar-refractivity contribution in [3.05, 3.63) is 47.4 Å².